The third-order valence-electron chi connectivity index (χ3n) is 3.74. The Hall–Kier alpha value is -3.03. The second-order valence-corrected chi connectivity index (χ2v) is 5.31. The Labute approximate surface area is 132 Å². The van der Waals surface area contributed by atoms with Gasteiger partial charge in [-0.05, 0) is 31.2 Å². The van der Waals surface area contributed by atoms with E-state index in [9.17, 15) is 0 Å². The lowest BCUT2D eigenvalue weighted by Gasteiger charge is -2.13. The molecule has 0 spiro atoms. The Morgan fingerprint density at radius 3 is 2.78 bits per heavy atom. The first-order valence-electron chi connectivity index (χ1n) is 7.54. The molecule has 116 valence electrons. The zero-order valence-electron chi connectivity index (χ0n) is 12.9. The molecule has 8 nitrogen and oxygen atoms in total. The van der Waals surface area contributed by atoms with Crippen LogP contribution in [-0.2, 0) is 6.42 Å². The summed E-state index contributed by atoms with van der Waals surface area (Å²) in [7, 11) is 0. The highest BCUT2D eigenvalue weighted by Crippen LogP contribution is 2.17. The molecule has 0 aromatic carbocycles. The van der Waals surface area contributed by atoms with Gasteiger partial charge in [0.25, 0.3) is 0 Å². The third-order valence-corrected chi connectivity index (χ3v) is 3.74. The minimum absolute atomic E-state index is 0.0427. The summed E-state index contributed by atoms with van der Waals surface area (Å²) in [5.74, 6) is 2.42. The van der Waals surface area contributed by atoms with Crippen LogP contribution >= 0.6 is 0 Å². The Balaban J connectivity index is 1.66. The van der Waals surface area contributed by atoms with E-state index in [2.05, 4.69) is 30.8 Å². The van der Waals surface area contributed by atoms with E-state index < -0.39 is 0 Å². The van der Waals surface area contributed by atoms with Crippen LogP contribution in [0.25, 0.3) is 11.3 Å². The quantitative estimate of drug-likeness (QED) is 0.620. The predicted octanol–water partition coefficient (Wildman–Crippen LogP) is 1.90. The van der Waals surface area contributed by atoms with Gasteiger partial charge in [0, 0.05) is 12.6 Å². The maximum atomic E-state index is 4.56. The van der Waals surface area contributed by atoms with Crippen molar-refractivity contribution in [1.29, 1.82) is 0 Å². The molecular formula is C15H16N8. The fraction of sp³-hybridized carbons (Fsp3) is 0.267. The number of pyridine rings is 1. The van der Waals surface area contributed by atoms with Crippen LogP contribution in [0.3, 0.4) is 0 Å². The molecular weight excluding hydrogens is 292 g/mol. The zero-order chi connectivity index (χ0) is 15.8. The van der Waals surface area contributed by atoms with Gasteiger partial charge >= 0.3 is 0 Å². The van der Waals surface area contributed by atoms with Crippen LogP contribution in [0, 0.1) is 0 Å². The van der Waals surface area contributed by atoms with E-state index in [1.165, 1.54) is 0 Å². The van der Waals surface area contributed by atoms with Crippen molar-refractivity contribution in [1.82, 2.24) is 34.4 Å². The molecule has 0 saturated heterocycles. The summed E-state index contributed by atoms with van der Waals surface area (Å²) >= 11 is 0. The Kier molecular flexibility index (Phi) is 3.14. The van der Waals surface area contributed by atoms with Crippen molar-refractivity contribution in [2.75, 3.05) is 5.32 Å². The van der Waals surface area contributed by atoms with Crippen LogP contribution in [-0.4, -0.2) is 34.4 Å². The topological polar surface area (TPSA) is 85.3 Å². The summed E-state index contributed by atoms with van der Waals surface area (Å²) in [6, 6.07) is 9.58. The standard InChI is InChI=1S/C15H16N8/c1-3-12-17-19-14-8-7-11(21-23(12)14)16-10(2)15-20-18-13-6-4-5-9-22(13)15/h4-10H,3H2,1-2H3,(H,16,21). The summed E-state index contributed by atoms with van der Waals surface area (Å²) < 4.78 is 3.73. The van der Waals surface area contributed by atoms with E-state index in [0.29, 0.717) is 0 Å². The van der Waals surface area contributed by atoms with Crippen LogP contribution in [0.4, 0.5) is 5.82 Å². The number of nitrogens with zero attached hydrogens (tertiary/aromatic N) is 7. The fourth-order valence-electron chi connectivity index (χ4n) is 2.57. The van der Waals surface area contributed by atoms with Crippen molar-refractivity contribution < 1.29 is 0 Å². The molecule has 0 radical (unpaired) electrons. The summed E-state index contributed by atoms with van der Waals surface area (Å²) in [4.78, 5) is 0. The molecule has 1 atom stereocenters. The summed E-state index contributed by atoms with van der Waals surface area (Å²) in [6.45, 7) is 4.06. The maximum Gasteiger partial charge on any atom is 0.178 e. The van der Waals surface area contributed by atoms with Crippen molar-refractivity contribution in [3.05, 3.63) is 48.2 Å². The number of hydrogen-bond acceptors (Lipinski definition) is 6. The summed E-state index contributed by atoms with van der Waals surface area (Å²) in [5, 5.41) is 24.6. The average molecular weight is 308 g/mol. The van der Waals surface area contributed by atoms with Gasteiger partial charge in [0.05, 0.1) is 6.04 Å². The molecule has 4 aromatic heterocycles. The number of nitrogens with one attached hydrogen (secondary N) is 1. The van der Waals surface area contributed by atoms with Gasteiger partial charge in [-0.2, -0.15) is 4.52 Å². The van der Waals surface area contributed by atoms with E-state index in [0.717, 1.165) is 35.2 Å². The van der Waals surface area contributed by atoms with Gasteiger partial charge in [0.1, 0.15) is 5.82 Å². The summed E-state index contributed by atoms with van der Waals surface area (Å²) in [6.07, 6.45) is 2.73. The Bertz CT molecular complexity index is 970. The normalized spacial score (nSPS) is 12.8. The van der Waals surface area contributed by atoms with Crippen molar-refractivity contribution in [2.45, 2.75) is 26.3 Å². The fourth-order valence-corrected chi connectivity index (χ4v) is 2.57. The predicted molar refractivity (Wildman–Crippen MR) is 85.2 cm³/mol. The number of aromatic nitrogens is 7. The van der Waals surface area contributed by atoms with Crippen LogP contribution in [0.2, 0.25) is 0 Å². The van der Waals surface area contributed by atoms with Gasteiger partial charge in [-0.3, -0.25) is 4.40 Å². The van der Waals surface area contributed by atoms with E-state index in [-0.39, 0.29) is 6.04 Å². The number of rotatable bonds is 4. The van der Waals surface area contributed by atoms with Gasteiger partial charge in [-0.25, -0.2) is 0 Å². The molecule has 4 heterocycles. The van der Waals surface area contributed by atoms with Crippen molar-refractivity contribution in [3.63, 3.8) is 0 Å². The van der Waals surface area contributed by atoms with Crippen LogP contribution in [0.15, 0.2) is 36.5 Å². The molecule has 0 amide bonds. The Morgan fingerprint density at radius 2 is 1.91 bits per heavy atom. The third kappa shape index (κ3) is 2.28. The highest BCUT2D eigenvalue weighted by molar-refractivity contribution is 5.45. The molecule has 0 fully saturated rings. The van der Waals surface area contributed by atoms with Gasteiger partial charge < -0.3 is 5.32 Å². The monoisotopic (exact) mass is 308 g/mol. The van der Waals surface area contributed by atoms with E-state index in [4.69, 9.17) is 0 Å². The van der Waals surface area contributed by atoms with Gasteiger partial charge in [0.2, 0.25) is 0 Å². The molecule has 4 aromatic rings. The molecule has 0 bridgehead atoms. The highest BCUT2D eigenvalue weighted by atomic mass is 15.4. The van der Waals surface area contributed by atoms with Gasteiger partial charge in [-0.15, -0.1) is 25.5 Å². The second-order valence-electron chi connectivity index (χ2n) is 5.31. The molecule has 0 aliphatic rings. The molecule has 0 saturated carbocycles. The molecule has 0 aliphatic heterocycles. The van der Waals surface area contributed by atoms with Crippen molar-refractivity contribution in [3.8, 4) is 0 Å². The Morgan fingerprint density at radius 1 is 1.04 bits per heavy atom. The smallest absolute Gasteiger partial charge is 0.178 e. The van der Waals surface area contributed by atoms with Crippen LogP contribution in [0.1, 0.15) is 31.5 Å². The lowest BCUT2D eigenvalue weighted by molar-refractivity contribution is 0.754. The second kappa shape index (κ2) is 5.31. The van der Waals surface area contributed by atoms with Crippen molar-refractivity contribution >= 4 is 17.1 Å². The molecule has 0 aliphatic carbocycles. The van der Waals surface area contributed by atoms with Gasteiger partial charge in [-0.1, -0.05) is 13.0 Å². The summed E-state index contributed by atoms with van der Waals surface area (Å²) in [5.41, 5.74) is 1.57. The molecule has 23 heavy (non-hydrogen) atoms. The zero-order valence-corrected chi connectivity index (χ0v) is 12.9. The van der Waals surface area contributed by atoms with E-state index in [1.807, 2.05) is 54.8 Å². The average Bonchev–Trinajstić information content (AvgIpc) is 3.18. The molecule has 4 rings (SSSR count). The first-order chi connectivity index (χ1) is 11.3. The van der Waals surface area contributed by atoms with Crippen molar-refractivity contribution in [2.24, 2.45) is 0 Å². The minimum atomic E-state index is -0.0427. The SMILES string of the molecule is CCc1nnc2ccc(NC(C)c3nnc4ccccn34)nn12. The molecule has 8 heteroatoms. The largest absolute Gasteiger partial charge is 0.359 e. The van der Waals surface area contributed by atoms with E-state index >= 15 is 0 Å². The lowest BCUT2D eigenvalue weighted by atomic mass is 10.3. The highest BCUT2D eigenvalue weighted by Gasteiger charge is 2.14. The lowest BCUT2D eigenvalue weighted by Crippen LogP contribution is -2.13. The first kappa shape index (κ1) is 13.6. The van der Waals surface area contributed by atoms with Gasteiger partial charge in [0.15, 0.2) is 22.9 Å². The van der Waals surface area contributed by atoms with E-state index in [1.54, 1.807) is 4.52 Å². The number of hydrogen-bond donors (Lipinski definition) is 1. The van der Waals surface area contributed by atoms with Crippen LogP contribution in [0.5, 0.6) is 0 Å². The molecule has 1 unspecified atom stereocenters. The number of anilines is 1. The molecule has 1 N–H and O–H groups in total. The number of aryl methyl sites for hydroxylation is 1. The maximum absolute atomic E-state index is 4.56. The number of fused-ring (bicyclic) bond motifs is 2. The van der Waals surface area contributed by atoms with Crippen LogP contribution < -0.4 is 5.32 Å². The first-order valence-corrected chi connectivity index (χ1v) is 7.54. The minimum Gasteiger partial charge on any atom is -0.359 e.